The van der Waals surface area contributed by atoms with Gasteiger partial charge in [0.15, 0.2) is 0 Å². The van der Waals surface area contributed by atoms with Crippen LogP contribution in [0.25, 0.3) is 0 Å². The van der Waals surface area contributed by atoms with Crippen molar-refractivity contribution in [1.82, 2.24) is 5.32 Å². The van der Waals surface area contributed by atoms with Gasteiger partial charge in [0.05, 0.1) is 6.61 Å². The number of hydrogen-bond donors (Lipinski definition) is 1. The fourth-order valence-corrected chi connectivity index (χ4v) is 0.643. The van der Waals surface area contributed by atoms with E-state index in [0.29, 0.717) is 13.0 Å². The summed E-state index contributed by atoms with van der Waals surface area (Å²) in [6.07, 6.45) is 1.38. The number of carbonyl (C=O) groups excluding carboxylic acids is 1. The van der Waals surface area contributed by atoms with E-state index < -0.39 is 0 Å². The molecule has 10 heavy (non-hydrogen) atoms. The van der Waals surface area contributed by atoms with E-state index in [1.54, 1.807) is 0 Å². The Bertz CT molecular complexity index is 93.6. The first-order valence-electron chi connectivity index (χ1n) is 3.61. The Morgan fingerprint density at radius 3 is 2.80 bits per heavy atom. The molecule has 0 amide bonds. The lowest BCUT2D eigenvalue weighted by Crippen LogP contribution is -2.11. The van der Waals surface area contributed by atoms with E-state index >= 15 is 0 Å². The van der Waals surface area contributed by atoms with E-state index in [1.807, 2.05) is 14.0 Å². The average Bonchev–Trinajstić information content (AvgIpc) is 1.89. The Morgan fingerprint density at radius 1 is 1.60 bits per heavy atom. The molecule has 3 nitrogen and oxygen atoms in total. The second-order valence-electron chi connectivity index (χ2n) is 2.01. The third-order valence-corrected chi connectivity index (χ3v) is 1.11. The average molecular weight is 145 g/mol. The molecule has 0 atom stereocenters. The number of hydrogen-bond acceptors (Lipinski definition) is 3. The van der Waals surface area contributed by atoms with Gasteiger partial charge in [0, 0.05) is 6.42 Å². The summed E-state index contributed by atoms with van der Waals surface area (Å²) in [6.45, 7) is 3.17. The van der Waals surface area contributed by atoms with E-state index in [0.717, 1.165) is 13.0 Å². The SMILES string of the molecule is CCOC(=O)CCCNC. The highest BCUT2D eigenvalue weighted by atomic mass is 16.5. The summed E-state index contributed by atoms with van der Waals surface area (Å²) < 4.78 is 4.72. The number of rotatable bonds is 5. The minimum atomic E-state index is -0.0993. The maximum absolute atomic E-state index is 10.7. The predicted octanol–water partition coefficient (Wildman–Crippen LogP) is 0.549. The molecule has 1 N–H and O–H groups in total. The number of ether oxygens (including phenoxy) is 1. The zero-order chi connectivity index (χ0) is 7.82. The zero-order valence-electron chi connectivity index (χ0n) is 6.64. The van der Waals surface area contributed by atoms with Gasteiger partial charge in [-0.3, -0.25) is 4.79 Å². The van der Waals surface area contributed by atoms with Crippen LogP contribution < -0.4 is 5.32 Å². The molecule has 0 unspecified atom stereocenters. The van der Waals surface area contributed by atoms with Crippen molar-refractivity contribution in [2.24, 2.45) is 0 Å². The Labute approximate surface area is 61.8 Å². The lowest BCUT2D eigenvalue weighted by molar-refractivity contribution is -0.143. The van der Waals surface area contributed by atoms with Crippen LogP contribution in [-0.4, -0.2) is 26.2 Å². The van der Waals surface area contributed by atoms with Crippen LogP contribution in [0.3, 0.4) is 0 Å². The first-order valence-corrected chi connectivity index (χ1v) is 3.61. The highest BCUT2D eigenvalue weighted by Gasteiger charge is 1.98. The van der Waals surface area contributed by atoms with Gasteiger partial charge in [-0.2, -0.15) is 0 Å². The molecule has 0 fully saturated rings. The Balaban J connectivity index is 3.05. The third kappa shape index (κ3) is 5.56. The Hall–Kier alpha value is -0.570. The first kappa shape index (κ1) is 9.43. The molecule has 60 valence electrons. The van der Waals surface area contributed by atoms with Gasteiger partial charge in [-0.05, 0) is 26.9 Å². The van der Waals surface area contributed by atoms with Crippen molar-refractivity contribution in [2.45, 2.75) is 19.8 Å². The van der Waals surface area contributed by atoms with E-state index in [4.69, 9.17) is 4.74 Å². The van der Waals surface area contributed by atoms with Crippen LogP contribution in [0.15, 0.2) is 0 Å². The smallest absolute Gasteiger partial charge is 0.305 e. The van der Waals surface area contributed by atoms with Crippen molar-refractivity contribution in [2.75, 3.05) is 20.2 Å². The molecule has 0 saturated heterocycles. The summed E-state index contributed by atoms with van der Waals surface area (Å²) in [7, 11) is 1.87. The number of carbonyl (C=O) groups is 1. The molecule has 0 saturated carbocycles. The molecule has 0 aliphatic carbocycles. The maximum Gasteiger partial charge on any atom is 0.305 e. The molecule has 0 aliphatic rings. The van der Waals surface area contributed by atoms with Gasteiger partial charge < -0.3 is 10.1 Å². The van der Waals surface area contributed by atoms with Crippen molar-refractivity contribution in [1.29, 1.82) is 0 Å². The number of nitrogens with one attached hydrogen (secondary N) is 1. The molecule has 0 bridgehead atoms. The summed E-state index contributed by atoms with van der Waals surface area (Å²) in [4.78, 5) is 10.7. The van der Waals surface area contributed by atoms with Gasteiger partial charge in [0.1, 0.15) is 0 Å². The fraction of sp³-hybridized carbons (Fsp3) is 0.857. The molecular weight excluding hydrogens is 130 g/mol. The monoisotopic (exact) mass is 145 g/mol. The lowest BCUT2D eigenvalue weighted by atomic mass is 10.3. The second kappa shape index (κ2) is 6.55. The molecule has 0 spiro atoms. The van der Waals surface area contributed by atoms with Gasteiger partial charge in [-0.25, -0.2) is 0 Å². The fourth-order valence-electron chi connectivity index (χ4n) is 0.643. The van der Waals surface area contributed by atoms with Crippen molar-refractivity contribution in [3.63, 3.8) is 0 Å². The molecule has 0 heterocycles. The number of esters is 1. The highest BCUT2D eigenvalue weighted by molar-refractivity contribution is 5.69. The van der Waals surface area contributed by atoms with Gasteiger partial charge in [-0.15, -0.1) is 0 Å². The molecular formula is C7H15NO2. The van der Waals surface area contributed by atoms with Crippen molar-refractivity contribution >= 4 is 5.97 Å². The van der Waals surface area contributed by atoms with Gasteiger partial charge >= 0.3 is 5.97 Å². The molecule has 0 aromatic heterocycles. The van der Waals surface area contributed by atoms with Crippen LogP contribution in [0, 0.1) is 0 Å². The normalized spacial score (nSPS) is 9.40. The quantitative estimate of drug-likeness (QED) is 0.453. The third-order valence-electron chi connectivity index (χ3n) is 1.11. The summed E-state index contributed by atoms with van der Waals surface area (Å²) in [6, 6.07) is 0. The summed E-state index contributed by atoms with van der Waals surface area (Å²) in [5, 5.41) is 2.96. The van der Waals surface area contributed by atoms with Crippen molar-refractivity contribution in [3.8, 4) is 0 Å². The molecule has 0 aromatic carbocycles. The summed E-state index contributed by atoms with van der Waals surface area (Å²) >= 11 is 0. The lowest BCUT2D eigenvalue weighted by Gasteiger charge is -1.99. The van der Waals surface area contributed by atoms with Gasteiger partial charge in [-0.1, -0.05) is 0 Å². The van der Waals surface area contributed by atoms with Crippen LogP contribution >= 0.6 is 0 Å². The summed E-state index contributed by atoms with van der Waals surface area (Å²) in [5.41, 5.74) is 0. The van der Waals surface area contributed by atoms with E-state index in [2.05, 4.69) is 5.32 Å². The van der Waals surface area contributed by atoms with E-state index in [1.165, 1.54) is 0 Å². The zero-order valence-corrected chi connectivity index (χ0v) is 6.64. The van der Waals surface area contributed by atoms with Crippen molar-refractivity contribution in [3.05, 3.63) is 0 Å². The second-order valence-corrected chi connectivity index (χ2v) is 2.01. The van der Waals surface area contributed by atoms with Crippen LogP contribution in [0.2, 0.25) is 0 Å². The molecule has 0 radical (unpaired) electrons. The van der Waals surface area contributed by atoms with E-state index in [-0.39, 0.29) is 5.97 Å². The Morgan fingerprint density at radius 2 is 2.30 bits per heavy atom. The molecule has 0 aromatic rings. The summed E-state index contributed by atoms with van der Waals surface area (Å²) in [5.74, 6) is -0.0993. The van der Waals surface area contributed by atoms with Crippen LogP contribution in [-0.2, 0) is 9.53 Å². The van der Waals surface area contributed by atoms with Crippen LogP contribution in [0.5, 0.6) is 0 Å². The molecule has 0 rings (SSSR count). The maximum atomic E-state index is 10.7. The standard InChI is InChI=1S/C7H15NO2/c1-3-10-7(9)5-4-6-8-2/h8H,3-6H2,1-2H3. The van der Waals surface area contributed by atoms with Crippen LogP contribution in [0.4, 0.5) is 0 Å². The highest BCUT2D eigenvalue weighted by Crippen LogP contribution is 1.90. The Kier molecular flexibility index (Phi) is 6.18. The topological polar surface area (TPSA) is 38.3 Å². The molecule has 0 aliphatic heterocycles. The predicted molar refractivity (Wildman–Crippen MR) is 39.8 cm³/mol. The molecule has 3 heteroatoms. The van der Waals surface area contributed by atoms with Gasteiger partial charge in [0.2, 0.25) is 0 Å². The largest absolute Gasteiger partial charge is 0.466 e. The van der Waals surface area contributed by atoms with Crippen LogP contribution in [0.1, 0.15) is 19.8 Å². The van der Waals surface area contributed by atoms with Crippen molar-refractivity contribution < 1.29 is 9.53 Å². The van der Waals surface area contributed by atoms with E-state index in [9.17, 15) is 4.79 Å². The van der Waals surface area contributed by atoms with Gasteiger partial charge in [0.25, 0.3) is 0 Å². The minimum Gasteiger partial charge on any atom is -0.466 e. The first-order chi connectivity index (χ1) is 4.81. The minimum absolute atomic E-state index is 0.0993.